The van der Waals surface area contributed by atoms with Gasteiger partial charge in [-0.15, -0.1) is 0 Å². The van der Waals surface area contributed by atoms with E-state index in [4.69, 9.17) is 34.0 Å². The molecule has 5 rings (SSSR count). The van der Waals surface area contributed by atoms with Crippen LogP contribution in [0, 0.1) is 11.8 Å². The van der Waals surface area contributed by atoms with Crippen LogP contribution in [-0.2, 0) is 0 Å². The molecule has 2 aliphatic rings. The minimum atomic E-state index is -1.02. The summed E-state index contributed by atoms with van der Waals surface area (Å²) in [5.74, 6) is -0.167. The maximum atomic E-state index is 11.2. The van der Waals surface area contributed by atoms with Crippen LogP contribution in [0.25, 0.3) is 10.9 Å². The monoisotopic (exact) mass is 522 g/mol. The molecule has 1 saturated carbocycles. The zero-order chi connectivity index (χ0) is 25.2. The van der Waals surface area contributed by atoms with Gasteiger partial charge < -0.3 is 21.1 Å². The molecular weight excluding hydrogens is 495 g/mol. The zero-order valence-electron chi connectivity index (χ0n) is 19.8. The van der Waals surface area contributed by atoms with E-state index in [0.717, 1.165) is 61.2 Å². The molecule has 0 atom stereocenters. The highest BCUT2D eigenvalue weighted by Crippen LogP contribution is 2.38. The highest BCUT2D eigenvalue weighted by molar-refractivity contribution is 6.39. The zero-order valence-corrected chi connectivity index (χ0v) is 21.3. The number of piperidine rings is 1. The molecule has 2 aromatic carbocycles. The Bertz CT molecular complexity index is 1340. The first-order chi connectivity index (χ1) is 17.4. The lowest BCUT2D eigenvalue weighted by Crippen LogP contribution is -2.33. The van der Waals surface area contributed by atoms with Crippen molar-refractivity contribution in [1.29, 1.82) is 0 Å². The molecule has 0 bridgehead atoms. The lowest BCUT2D eigenvalue weighted by molar-refractivity contribution is 0.0691. The van der Waals surface area contributed by atoms with Crippen LogP contribution < -0.4 is 16.0 Å². The van der Waals surface area contributed by atoms with Crippen LogP contribution in [0.15, 0.2) is 72.1 Å². The molecule has 6 nitrogen and oxygen atoms in total. The summed E-state index contributed by atoms with van der Waals surface area (Å²) >= 11 is 12.8. The molecule has 0 amide bonds. The first-order valence-electron chi connectivity index (χ1n) is 12.2. The number of para-hydroxylation sites is 1. The third-order valence-corrected chi connectivity index (χ3v) is 7.51. The number of hydrogen-bond donors (Lipinski definition) is 3. The average Bonchev–Trinajstić information content (AvgIpc) is 3.73. The molecule has 0 spiro atoms. The quantitative estimate of drug-likeness (QED) is 0.299. The lowest BCUT2D eigenvalue weighted by atomic mass is 9.95. The second-order valence-corrected chi connectivity index (χ2v) is 10.2. The fourth-order valence-corrected chi connectivity index (χ4v) is 5.08. The molecule has 0 unspecified atom stereocenters. The van der Waals surface area contributed by atoms with Crippen LogP contribution in [0.4, 0.5) is 11.4 Å². The maximum absolute atomic E-state index is 11.2. The number of allylic oxidation sites excluding steroid dienone is 3. The topological polar surface area (TPSA) is 91.5 Å². The Balaban J connectivity index is 1.26. The van der Waals surface area contributed by atoms with E-state index >= 15 is 0 Å². The number of carboxylic acids is 1. The van der Waals surface area contributed by atoms with Crippen molar-refractivity contribution in [3.63, 3.8) is 0 Å². The van der Waals surface area contributed by atoms with Crippen molar-refractivity contribution < 1.29 is 9.90 Å². The molecule has 186 valence electrons. The number of aromatic nitrogens is 1. The summed E-state index contributed by atoms with van der Waals surface area (Å²) in [7, 11) is 0. The maximum Gasteiger partial charge on any atom is 0.354 e. The minimum absolute atomic E-state index is 0.0601. The molecule has 1 aliphatic carbocycles. The van der Waals surface area contributed by atoms with Gasteiger partial charge in [-0.25, -0.2) is 9.78 Å². The van der Waals surface area contributed by atoms with Crippen LogP contribution in [0.2, 0.25) is 10.0 Å². The van der Waals surface area contributed by atoms with Gasteiger partial charge in [0, 0.05) is 35.8 Å². The van der Waals surface area contributed by atoms with E-state index in [-0.39, 0.29) is 5.69 Å². The number of anilines is 2. The summed E-state index contributed by atoms with van der Waals surface area (Å²) in [5, 5.41) is 14.6. The van der Waals surface area contributed by atoms with Gasteiger partial charge in [0.1, 0.15) is 5.69 Å². The highest BCUT2D eigenvalue weighted by Gasteiger charge is 2.27. The summed E-state index contributed by atoms with van der Waals surface area (Å²) in [5.41, 5.74) is 10.8. The van der Waals surface area contributed by atoms with Crippen LogP contribution in [0.5, 0.6) is 0 Å². The van der Waals surface area contributed by atoms with Gasteiger partial charge in [-0.05, 0) is 74.1 Å². The summed E-state index contributed by atoms with van der Waals surface area (Å²) < 4.78 is 0. The normalized spacial score (nSPS) is 17.4. The summed E-state index contributed by atoms with van der Waals surface area (Å²) in [4.78, 5) is 17.8. The fourth-order valence-electron chi connectivity index (χ4n) is 4.59. The molecule has 4 N–H and O–H groups in total. The number of pyridine rings is 1. The number of nitrogens with one attached hydrogen (secondary N) is 1. The first-order valence-corrected chi connectivity index (χ1v) is 12.9. The van der Waals surface area contributed by atoms with Gasteiger partial charge >= 0.3 is 5.97 Å². The van der Waals surface area contributed by atoms with E-state index in [1.54, 1.807) is 6.07 Å². The number of nitrogens with zero attached hydrogens (tertiary/aromatic N) is 2. The number of halogens is 2. The minimum Gasteiger partial charge on any atom is -0.477 e. The lowest BCUT2D eigenvalue weighted by Gasteiger charge is -2.32. The Kier molecular flexibility index (Phi) is 7.08. The van der Waals surface area contributed by atoms with Crippen molar-refractivity contribution in [3.8, 4) is 0 Å². The van der Waals surface area contributed by atoms with Gasteiger partial charge in [0.05, 0.1) is 26.9 Å². The van der Waals surface area contributed by atoms with Gasteiger partial charge in [0.15, 0.2) is 0 Å². The third kappa shape index (κ3) is 5.45. The number of carboxylic acid groups (broad SMARTS) is 1. The van der Waals surface area contributed by atoms with Crippen LogP contribution in [0.3, 0.4) is 0 Å². The number of rotatable bonds is 7. The number of nitrogens with two attached hydrogens (primary N) is 1. The number of fused-ring (bicyclic) bond motifs is 1. The smallest absolute Gasteiger partial charge is 0.354 e. The van der Waals surface area contributed by atoms with E-state index in [0.29, 0.717) is 33.1 Å². The van der Waals surface area contributed by atoms with Crippen LogP contribution in [-0.4, -0.2) is 29.1 Å². The van der Waals surface area contributed by atoms with Crippen molar-refractivity contribution in [2.75, 3.05) is 23.3 Å². The Hall–Kier alpha value is -3.22. The number of hydrogen-bond acceptors (Lipinski definition) is 5. The van der Waals surface area contributed by atoms with Gasteiger partial charge in [0.2, 0.25) is 0 Å². The van der Waals surface area contributed by atoms with Crippen molar-refractivity contribution in [2.45, 2.75) is 25.7 Å². The molecule has 1 aliphatic heterocycles. The Morgan fingerprint density at radius 1 is 1.06 bits per heavy atom. The molecule has 1 aromatic heterocycles. The molecule has 3 aromatic rings. The predicted molar refractivity (Wildman–Crippen MR) is 147 cm³/mol. The molecule has 1 saturated heterocycles. The number of carbonyl (C=O) groups is 1. The van der Waals surface area contributed by atoms with Gasteiger partial charge in [0.25, 0.3) is 0 Å². The van der Waals surface area contributed by atoms with Crippen molar-refractivity contribution in [3.05, 3.63) is 87.8 Å². The molecule has 2 fully saturated rings. The summed E-state index contributed by atoms with van der Waals surface area (Å²) in [6, 6.07) is 14.8. The molecule has 8 heteroatoms. The Morgan fingerprint density at radius 3 is 2.44 bits per heavy atom. The average molecular weight is 523 g/mol. The van der Waals surface area contributed by atoms with Crippen LogP contribution >= 0.6 is 23.2 Å². The first kappa shape index (κ1) is 24.5. The van der Waals surface area contributed by atoms with Crippen molar-refractivity contribution in [1.82, 2.24) is 4.98 Å². The number of aromatic carboxylic acids is 1. The van der Waals surface area contributed by atoms with E-state index in [1.807, 2.05) is 36.4 Å². The van der Waals surface area contributed by atoms with E-state index in [9.17, 15) is 4.79 Å². The van der Waals surface area contributed by atoms with Crippen LogP contribution in [0.1, 0.15) is 36.2 Å². The standard InChI is InChI=1S/C28H28Cl2N4O2/c29-21-2-1-3-22(30)27(21)33-24(26(31)18-5-6-18)9-4-17-12-14-34(15-13-17)20-8-11-23-19(16-20)7-10-25(32-23)28(35)36/h1-4,7-11,16-18,33H,5-6,12-15,31H2,(H,35,36)/b9-4+,26-24-. The second-order valence-electron chi connectivity index (χ2n) is 9.43. The second kappa shape index (κ2) is 10.4. The predicted octanol–water partition coefficient (Wildman–Crippen LogP) is 6.70. The largest absolute Gasteiger partial charge is 0.477 e. The van der Waals surface area contributed by atoms with Gasteiger partial charge in [-0.3, -0.25) is 0 Å². The van der Waals surface area contributed by atoms with E-state index in [2.05, 4.69) is 33.4 Å². The molecule has 2 heterocycles. The third-order valence-electron chi connectivity index (χ3n) is 6.88. The molecule has 0 radical (unpaired) electrons. The van der Waals surface area contributed by atoms with Crippen molar-refractivity contribution in [2.24, 2.45) is 17.6 Å². The molecular formula is C28H28Cl2N4O2. The molecule has 36 heavy (non-hydrogen) atoms. The van der Waals surface area contributed by atoms with Crippen molar-refractivity contribution >= 4 is 51.4 Å². The highest BCUT2D eigenvalue weighted by atomic mass is 35.5. The van der Waals surface area contributed by atoms with Gasteiger partial charge in [-0.1, -0.05) is 41.4 Å². The van der Waals surface area contributed by atoms with E-state index in [1.165, 1.54) is 0 Å². The number of benzene rings is 2. The van der Waals surface area contributed by atoms with E-state index < -0.39 is 5.97 Å². The SMILES string of the molecule is N/C(=C(/C=C/C1CCN(c2ccc3nc(C(=O)O)ccc3c2)CC1)Nc1c(Cl)cccc1Cl)C1CC1. The summed E-state index contributed by atoms with van der Waals surface area (Å²) in [6.45, 7) is 1.87. The summed E-state index contributed by atoms with van der Waals surface area (Å²) in [6.07, 6.45) is 8.60. The Morgan fingerprint density at radius 2 is 1.78 bits per heavy atom. The fraction of sp³-hybridized carbons (Fsp3) is 0.286. The Labute approximate surface area is 220 Å². The van der Waals surface area contributed by atoms with Gasteiger partial charge in [-0.2, -0.15) is 0 Å².